The minimum atomic E-state index is -0.955. The topological polar surface area (TPSA) is 68.1 Å². The maximum Gasteiger partial charge on any atom is 0.233 e. The number of phenolic OH excluding ortho intramolecular Hbond substituents is 1. The number of hydrogen-bond donors (Lipinski definition) is 1. The Morgan fingerprint density at radius 3 is 2.56 bits per heavy atom. The van der Waals surface area contributed by atoms with Crippen LogP contribution in [0.2, 0.25) is 0 Å². The normalized spacial score (nSPS) is 19.6. The summed E-state index contributed by atoms with van der Waals surface area (Å²) in [5.41, 5.74) is 2.68. The number of rotatable bonds is 4. The van der Waals surface area contributed by atoms with Gasteiger partial charge in [0, 0.05) is 23.4 Å². The molecule has 2 atom stereocenters. The highest BCUT2D eigenvalue weighted by molar-refractivity contribution is 5.72. The van der Waals surface area contributed by atoms with Crippen molar-refractivity contribution in [2.45, 2.75) is 38.0 Å². The average molecular weight is 365 g/mol. The molecule has 1 fully saturated rings. The molecule has 0 unspecified atom stereocenters. The smallest absolute Gasteiger partial charge is 0.233 e. The summed E-state index contributed by atoms with van der Waals surface area (Å²) in [5, 5.41) is 18.6. The van der Waals surface area contributed by atoms with Crippen molar-refractivity contribution in [3.8, 4) is 34.1 Å². The summed E-state index contributed by atoms with van der Waals surface area (Å²) in [7, 11) is 0. The number of alkyl halides is 1. The van der Waals surface area contributed by atoms with Gasteiger partial charge in [-0.25, -0.2) is 4.39 Å². The molecular weight excluding hydrogens is 345 g/mol. The Labute approximate surface area is 156 Å². The molecule has 1 saturated carbocycles. The molecule has 2 aromatic heterocycles. The number of aromatic nitrogens is 3. The number of ether oxygens (including phenoxy) is 1. The van der Waals surface area contributed by atoms with Gasteiger partial charge in [-0.15, -0.1) is 10.2 Å². The fraction of sp³-hybridized carbons (Fsp3) is 0.286. The van der Waals surface area contributed by atoms with Gasteiger partial charge in [0.15, 0.2) is 0 Å². The predicted molar refractivity (Wildman–Crippen MR) is 100 cm³/mol. The highest BCUT2D eigenvalue weighted by atomic mass is 19.1. The van der Waals surface area contributed by atoms with E-state index in [1.54, 1.807) is 30.5 Å². The molecule has 5 nitrogen and oxygen atoms in total. The number of halogens is 1. The molecule has 0 bridgehead atoms. The van der Waals surface area contributed by atoms with E-state index in [2.05, 4.69) is 15.2 Å². The first-order chi connectivity index (χ1) is 13.2. The van der Waals surface area contributed by atoms with Gasteiger partial charge in [-0.05, 0) is 49.6 Å². The van der Waals surface area contributed by atoms with E-state index in [4.69, 9.17) is 4.74 Å². The fourth-order valence-electron chi connectivity index (χ4n) is 3.31. The summed E-state index contributed by atoms with van der Waals surface area (Å²) in [6, 6.07) is 14.3. The third-order valence-corrected chi connectivity index (χ3v) is 4.77. The minimum absolute atomic E-state index is 0.0947. The Balaban J connectivity index is 1.52. The average Bonchev–Trinajstić information content (AvgIpc) is 2.71. The zero-order valence-electron chi connectivity index (χ0n) is 14.8. The first kappa shape index (κ1) is 17.4. The molecule has 4 rings (SSSR count). The summed E-state index contributed by atoms with van der Waals surface area (Å²) in [6.45, 7) is 0. The lowest BCUT2D eigenvalue weighted by atomic mass is 9.96. The molecule has 3 aromatic rings. The molecule has 0 saturated heterocycles. The second-order valence-corrected chi connectivity index (χ2v) is 6.66. The van der Waals surface area contributed by atoms with E-state index >= 15 is 0 Å². The zero-order chi connectivity index (χ0) is 18.6. The quantitative estimate of drug-likeness (QED) is 0.733. The van der Waals surface area contributed by atoms with Gasteiger partial charge in [0.05, 0.1) is 11.4 Å². The Hall–Kier alpha value is -3.02. The van der Waals surface area contributed by atoms with Crippen LogP contribution in [0.1, 0.15) is 25.7 Å². The van der Waals surface area contributed by atoms with E-state index in [0.717, 1.165) is 24.1 Å². The Morgan fingerprint density at radius 1 is 0.963 bits per heavy atom. The van der Waals surface area contributed by atoms with Crippen LogP contribution >= 0.6 is 0 Å². The Bertz CT molecular complexity index is 903. The van der Waals surface area contributed by atoms with E-state index in [1.165, 1.54) is 0 Å². The van der Waals surface area contributed by atoms with Crippen LogP contribution in [0.15, 0.2) is 54.7 Å². The van der Waals surface area contributed by atoms with Crippen molar-refractivity contribution in [2.75, 3.05) is 0 Å². The van der Waals surface area contributed by atoms with E-state index in [9.17, 15) is 9.50 Å². The molecule has 138 valence electrons. The highest BCUT2D eigenvalue weighted by Gasteiger charge is 2.26. The van der Waals surface area contributed by atoms with E-state index in [0.29, 0.717) is 30.0 Å². The molecular formula is C21H20FN3O2. The second kappa shape index (κ2) is 7.70. The van der Waals surface area contributed by atoms with Crippen LogP contribution < -0.4 is 4.74 Å². The van der Waals surface area contributed by atoms with Crippen LogP contribution in [0.3, 0.4) is 0 Å². The van der Waals surface area contributed by atoms with Crippen LogP contribution in [-0.4, -0.2) is 32.6 Å². The SMILES string of the molecule is Oc1cc(-c2ccccn2)ccc1-c1ccc(O[C@@H]2CCCC[C@@H]2F)nn1. The van der Waals surface area contributed by atoms with Gasteiger partial charge in [-0.2, -0.15) is 0 Å². The molecule has 2 heterocycles. The summed E-state index contributed by atoms with van der Waals surface area (Å²) >= 11 is 0. The number of benzene rings is 1. The number of pyridine rings is 1. The van der Waals surface area contributed by atoms with Gasteiger partial charge in [-0.3, -0.25) is 4.98 Å². The van der Waals surface area contributed by atoms with Gasteiger partial charge in [0.25, 0.3) is 0 Å². The first-order valence-corrected chi connectivity index (χ1v) is 9.10. The summed E-state index contributed by atoms with van der Waals surface area (Å²) < 4.78 is 19.5. The fourth-order valence-corrected chi connectivity index (χ4v) is 3.31. The summed E-state index contributed by atoms with van der Waals surface area (Å²) in [5.74, 6) is 0.398. The lowest BCUT2D eigenvalue weighted by Gasteiger charge is -2.25. The lowest BCUT2D eigenvalue weighted by molar-refractivity contribution is 0.0594. The van der Waals surface area contributed by atoms with Crippen molar-refractivity contribution in [2.24, 2.45) is 0 Å². The summed E-state index contributed by atoms with van der Waals surface area (Å²) in [6.07, 6.45) is 3.39. The first-order valence-electron chi connectivity index (χ1n) is 9.10. The van der Waals surface area contributed by atoms with E-state index in [1.807, 2.05) is 24.3 Å². The molecule has 1 aliphatic carbocycles. The lowest BCUT2D eigenvalue weighted by Crippen LogP contribution is -2.32. The van der Waals surface area contributed by atoms with Crippen LogP contribution in [0.4, 0.5) is 4.39 Å². The zero-order valence-corrected chi connectivity index (χ0v) is 14.8. The second-order valence-electron chi connectivity index (χ2n) is 6.66. The van der Waals surface area contributed by atoms with Gasteiger partial charge in [0.2, 0.25) is 5.88 Å². The van der Waals surface area contributed by atoms with Crippen molar-refractivity contribution >= 4 is 0 Å². The van der Waals surface area contributed by atoms with Gasteiger partial charge < -0.3 is 9.84 Å². The monoisotopic (exact) mass is 365 g/mol. The van der Waals surface area contributed by atoms with Gasteiger partial charge in [-0.1, -0.05) is 18.6 Å². The third kappa shape index (κ3) is 3.89. The maximum absolute atomic E-state index is 13.9. The molecule has 1 aromatic carbocycles. The maximum atomic E-state index is 13.9. The van der Waals surface area contributed by atoms with E-state index < -0.39 is 12.3 Å². The number of aromatic hydroxyl groups is 1. The van der Waals surface area contributed by atoms with Crippen LogP contribution in [0.25, 0.3) is 22.5 Å². The molecule has 27 heavy (non-hydrogen) atoms. The molecule has 0 aliphatic heterocycles. The van der Waals surface area contributed by atoms with Gasteiger partial charge >= 0.3 is 0 Å². The van der Waals surface area contributed by atoms with Crippen molar-refractivity contribution < 1.29 is 14.2 Å². The molecule has 0 spiro atoms. The highest BCUT2D eigenvalue weighted by Crippen LogP contribution is 2.32. The third-order valence-electron chi connectivity index (χ3n) is 4.77. The number of hydrogen-bond acceptors (Lipinski definition) is 5. The molecule has 0 amide bonds. The van der Waals surface area contributed by atoms with Crippen molar-refractivity contribution in [3.05, 3.63) is 54.7 Å². The van der Waals surface area contributed by atoms with Crippen LogP contribution in [0, 0.1) is 0 Å². The van der Waals surface area contributed by atoms with Crippen molar-refractivity contribution in [3.63, 3.8) is 0 Å². The van der Waals surface area contributed by atoms with Crippen molar-refractivity contribution in [1.82, 2.24) is 15.2 Å². The number of phenols is 1. The Kier molecular flexibility index (Phi) is 4.96. The van der Waals surface area contributed by atoms with Crippen molar-refractivity contribution in [1.29, 1.82) is 0 Å². The van der Waals surface area contributed by atoms with Gasteiger partial charge in [0.1, 0.15) is 18.0 Å². The summed E-state index contributed by atoms with van der Waals surface area (Å²) in [4.78, 5) is 4.28. The molecule has 1 N–H and O–H groups in total. The standard InChI is InChI=1S/C21H20FN3O2/c22-16-5-1-2-7-20(16)27-21-11-10-18(24-25-21)15-9-8-14(13-19(15)26)17-6-3-4-12-23-17/h3-4,6,8-13,16,20,26H,1-2,5,7H2/t16-,20+/m0/s1. The van der Waals surface area contributed by atoms with E-state index in [-0.39, 0.29) is 5.75 Å². The molecule has 6 heteroatoms. The molecule has 1 aliphatic rings. The predicted octanol–water partition coefficient (Wildman–Crippen LogP) is 4.57. The van der Waals surface area contributed by atoms with Crippen LogP contribution in [-0.2, 0) is 0 Å². The van der Waals surface area contributed by atoms with Crippen LogP contribution in [0.5, 0.6) is 11.6 Å². The minimum Gasteiger partial charge on any atom is -0.507 e. The number of nitrogens with zero attached hydrogens (tertiary/aromatic N) is 3. The molecule has 0 radical (unpaired) electrons. The largest absolute Gasteiger partial charge is 0.507 e. The Morgan fingerprint density at radius 2 is 1.85 bits per heavy atom.